The first-order chi connectivity index (χ1) is 17.6. The molecule has 2 aliphatic rings. The van der Waals surface area contributed by atoms with E-state index in [1.807, 2.05) is 36.4 Å². The minimum absolute atomic E-state index is 0.0463. The monoisotopic (exact) mass is 520 g/mol. The first kappa shape index (κ1) is 24.9. The first-order valence-corrected chi connectivity index (χ1v) is 14.0. The van der Waals surface area contributed by atoms with E-state index in [0.717, 1.165) is 59.8 Å². The summed E-state index contributed by atoms with van der Waals surface area (Å²) in [6.45, 7) is 2.13. The van der Waals surface area contributed by atoms with E-state index < -0.39 is 0 Å². The van der Waals surface area contributed by atoms with Crippen LogP contribution in [0.3, 0.4) is 0 Å². The predicted molar refractivity (Wildman–Crippen MR) is 151 cm³/mol. The van der Waals surface area contributed by atoms with Crippen molar-refractivity contribution >= 4 is 51.2 Å². The largest absolute Gasteiger partial charge is 0.493 e. The number of amides is 1. The minimum atomic E-state index is 0.0463. The highest BCUT2D eigenvalue weighted by molar-refractivity contribution is 8.26. The molecule has 36 heavy (non-hydrogen) atoms. The van der Waals surface area contributed by atoms with Crippen molar-refractivity contribution in [2.45, 2.75) is 45.1 Å². The average molecular weight is 521 g/mol. The Morgan fingerprint density at radius 3 is 2.61 bits per heavy atom. The maximum atomic E-state index is 13.2. The van der Waals surface area contributed by atoms with Gasteiger partial charge >= 0.3 is 0 Å². The third-order valence-electron chi connectivity index (χ3n) is 7.09. The third-order valence-corrected chi connectivity index (χ3v) is 8.46. The van der Waals surface area contributed by atoms with Crippen molar-refractivity contribution in [2.24, 2.45) is 5.92 Å². The van der Waals surface area contributed by atoms with Crippen molar-refractivity contribution in [3.8, 4) is 11.5 Å². The number of carbonyl (C=O) groups excluding carboxylic acids is 1. The van der Waals surface area contributed by atoms with Gasteiger partial charge in [0.2, 0.25) is 0 Å². The van der Waals surface area contributed by atoms with Gasteiger partial charge in [0, 0.05) is 35.8 Å². The van der Waals surface area contributed by atoms with Gasteiger partial charge in [0.15, 0.2) is 11.5 Å². The molecule has 0 unspecified atom stereocenters. The molecule has 1 amide bonds. The summed E-state index contributed by atoms with van der Waals surface area (Å²) in [4.78, 5) is 15.7. The lowest BCUT2D eigenvalue weighted by molar-refractivity contribution is -0.122. The molecule has 1 aliphatic heterocycles. The van der Waals surface area contributed by atoms with Gasteiger partial charge in [-0.05, 0) is 43.0 Å². The number of aromatic nitrogens is 1. The van der Waals surface area contributed by atoms with Crippen LogP contribution in [0.5, 0.6) is 11.5 Å². The van der Waals surface area contributed by atoms with E-state index >= 15 is 0 Å². The molecular weight excluding hydrogens is 488 g/mol. The number of thiocarbonyl (C=S) groups is 1. The lowest BCUT2D eigenvalue weighted by Crippen LogP contribution is -2.30. The van der Waals surface area contributed by atoms with Crippen molar-refractivity contribution in [3.05, 3.63) is 65.2 Å². The van der Waals surface area contributed by atoms with E-state index in [1.165, 1.54) is 37.4 Å². The molecule has 0 bridgehead atoms. The molecule has 0 spiro atoms. The van der Waals surface area contributed by atoms with Gasteiger partial charge in [-0.3, -0.25) is 9.69 Å². The average Bonchev–Trinajstić information content (AvgIpc) is 3.60. The van der Waals surface area contributed by atoms with Gasteiger partial charge in [0.05, 0.1) is 18.6 Å². The highest BCUT2D eigenvalue weighted by atomic mass is 32.2. The van der Waals surface area contributed by atoms with Gasteiger partial charge in [-0.15, -0.1) is 0 Å². The van der Waals surface area contributed by atoms with Crippen molar-refractivity contribution in [1.29, 1.82) is 0 Å². The maximum Gasteiger partial charge on any atom is 0.266 e. The van der Waals surface area contributed by atoms with Crippen LogP contribution in [-0.4, -0.2) is 40.0 Å². The summed E-state index contributed by atoms with van der Waals surface area (Å²) >= 11 is 7.01. The number of hydrogen-bond acceptors (Lipinski definition) is 5. The fourth-order valence-electron chi connectivity index (χ4n) is 5.17. The van der Waals surface area contributed by atoms with Crippen molar-refractivity contribution in [1.82, 2.24) is 9.47 Å². The normalized spacial score (nSPS) is 17.6. The number of benzene rings is 2. The van der Waals surface area contributed by atoms with Crippen LogP contribution >= 0.6 is 24.0 Å². The van der Waals surface area contributed by atoms with Gasteiger partial charge in [-0.25, -0.2) is 0 Å². The van der Waals surface area contributed by atoms with Crippen LogP contribution < -0.4 is 9.47 Å². The topological polar surface area (TPSA) is 43.7 Å². The van der Waals surface area contributed by atoms with Crippen molar-refractivity contribution in [2.75, 3.05) is 20.3 Å². The minimum Gasteiger partial charge on any atom is -0.493 e. The zero-order valence-electron chi connectivity index (χ0n) is 20.7. The molecule has 0 atom stereocenters. The molecular formula is C29H32N2O3S2. The van der Waals surface area contributed by atoms with Crippen LogP contribution in [0.15, 0.2) is 59.6 Å². The van der Waals surface area contributed by atoms with Gasteiger partial charge in [0.1, 0.15) is 4.32 Å². The van der Waals surface area contributed by atoms with Crippen LogP contribution in [0.25, 0.3) is 17.0 Å². The summed E-state index contributed by atoms with van der Waals surface area (Å²) in [6, 6.07) is 16.0. The quantitative estimate of drug-likeness (QED) is 0.165. The molecule has 1 saturated carbocycles. The standard InChI is InChI=1S/C29H32N2O3S2/c1-33-25-13-6-7-14-26(25)34-18-8-16-30-20-22(23-11-4-5-12-24(23)30)19-27-28(32)31(29(35)36-27)17-15-21-9-2-3-10-21/h4-7,11-14,19-21H,2-3,8-10,15-18H2,1H3/b27-19-. The lowest BCUT2D eigenvalue weighted by atomic mass is 10.0. The molecule has 0 radical (unpaired) electrons. The number of rotatable bonds is 10. The number of para-hydroxylation sites is 3. The highest BCUT2D eigenvalue weighted by Gasteiger charge is 2.32. The molecule has 1 aliphatic carbocycles. The second-order valence-corrected chi connectivity index (χ2v) is 11.1. The number of nitrogens with zero attached hydrogens (tertiary/aromatic N) is 2. The Bertz CT molecular complexity index is 1280. The summed E-state index contributed by atoms with van der Waals surface area (Å²) in [5.41, 5.74) is 2.20. The summed E-state index contributed by atoms with van der Waals surface area (Å²) < 4.78 is 14.3. The van der Waals surface area contributed by atoms with Gasteiger partial charge in [-0.2, -0.15) is 0 Å². The Hall–Kier alpha value is -2.77. The zero-order chi connectivity index (χ0) is 24.9. The van der Waals surface area contributed by atoms with E-state index in [9.17, 15) is 4.79 Å². The molecule has 188 valence electrons. The van der Waals surface area contributed by atoms with Gasteiger partial charge in [-0.1, -0.05) is 80.0 Å². The Labute approximate surface area is 222 Å². The van der Waals surface area contributed by atoms with E-state index in [0.29, 0.717) is 15.8 Å². The SMILES string of the molecule is COc1ccccc1OCCCn1cc(/C=C2\SC(=S)N(CCC3CCCC3)C2=O)c2ccccc21. The molecule has 1 aromatic heterocycles. The molecule has 5 rings (SSSR count). The Balaban J connectivity index is 1.27. The third kappa shape index (κ3) is 5.47. The summed E-state index contributed by atoms with van der Waals surface area (Å²) in [5, 5.41) is 1.14. The van der Waals surface area contributed by atoms with Crippen LogP contribution in [-0.2, 0) is 11.3 Å². The van der Waals surface area contributed by atoms with Gasteiger partial charge in [0.25, 0.3) is 5.91 Å². The molecule has 3 aromatic rings. The Kier molecular flexibility index (Phi) is 7.97. The molecule has 2 aromatic carbocycles. The van der Waals surface area contributed by atoms with Crippen molar-refractivity contribution in [3.63, 3.8) is 0 Å². The number of thioether (sulfide) groups is 1. The van der Waals surface area contributed by atoms with E-state index in [2.05, 4.69) is 29.0 Å². The van der Waals surface area contributed by atoms with Crippen molar-refractivity contribution < 1.29 is 14.3 Å². The first-order valence-electron chi connectivity index (χ1n) is 12.7. The Morgan fingerprint density at radius 2 is 1.81 bits per heavy atom. The number of methoxy groups -OCH3 is 1. The van der Waals surface area contributed by atoms with Crippen LogP contribution in [0.2, 0.25) is 0 Å². The lowest BCUT2D eigenvalue weighted by Gasteiger charge is -2.17. The van der Waals surface area contributed by atoms with Crippen LogP contribution in [0.4, 0.5) is 0 Å². The number of ether oxygens (including phenoxy) is 2. The van der Waals surface area contributed by atoms with E-state index in [1.54, 1.807) is 12.0 Å². The summed E-state index contributed by atoms with van der Waals surface area (Å²) in [5.74, 6) is 2.29. The van der Waals surface area contributed by atoms with E-state index in [4.69, 9.17) is 21.7 Å². The number of carbonyl (C=O) groups is 1. The summed E-state index contributed by atoms with van der Waals surface area (Å²) in [6.07, 6.45) is 11.3. The molecule has 0 N–H and O–H groups in total. The Morgan fingerprint density at radius 1 is 1.06 bits per heavy atom. The van der Waals surface area contributed by atoms with Crippen LogP contribution in [0.1, 0.15) is 44.1 Å². The highest BCUT2D eigenvalue weighted by Crippen LogP contribution is 2.36. The maximum absolute atomic E-state index is 13.2. The number of hydrogen-bond donors (Lipinski definition) is 0. The number of aryl methyl sites for hydroxylation is 1. The molecule has 1 saturated heterocycles. The second-order valence-electron chi connectivity index (χ2n) is 9.42. The van der Waals surface area contributed by atoms with E-state index in [-0.39, 0.29) is 5.91 Å². The molecule has 2 fully saturated rings. The summed E-state index contributed by atoms with van der Waals surface area (Å²) in [7, 11) is 1.65. The molecule has 5 nitrogen and oxygen atoms in total. The second kappa shape index (κ2) is 11.5. The van der Waals surface area contributed by atoms with Gasteiger partial charge < -0.3 is 14.0 Å². The predicted octanol–water partition coefficient (Wildman–Crippen LogP) is 6.90. The fraction of sp³-hybridized carbons (Fsp3) is 0.379. The molecule has 7 heteroatoms. The fourth-order valence-corrected chi connectivity index (χ4v) is 6.47. The van der Waals surface area contributed by atoms with Crippen LogP contribution in [0, 0.1) is 5.92 Å². The molecule has 2 heterocycles. The number of fused-ring (bicyclic) bond motifs is 1. The smallest absolute Gasteiger partial charge is 0.266 e. The zero-order valence-corrected chi connectivity index (χ0v) is 22.3.